The molecule has 0 amide bonds. The van der Waals surface area contributed by atoms with Gasteiger partial charge < -0.3 is 15.0 Å². The average molecular weight is 242 g/mol. The molecule has 1 aromatic carbocycles. The second kappa shape index (κ2) is 3.75. The Labute approximate surface area is 106 Å². The van der Waals surface area contributed by atoms with E-state index in [-0.39, 0.29) is 0 Å². The molecule has 3 fully saturated rings. The molecule has 3 aliphatic rings. The Balaban J connectivity index is 1.81. The highest BCUT2D eigenvalue weighted by atomic mass is 16.3. The lowest BCUT2D eigenvalue weighted by Gasteiger charge is -2.44. The molecule has 0 spiro atoms. The maximum Gasteiger partial charge on any atom is 0.139 e. The summed E-state index contributed by atoms with van der Waals surface area (Å²) in [5, 5.41) is 11.1. The van der Waals surface area contributed by atoms with Crippen LogP contribution in [-0.2, 0) is 0 Å². The van der Waals surface area contributed by atoms with Gasteiger partial charge >= 0.3 is 0 Å². The van der Waals surface area contributed by atoms with E-state index in [0.29, 0.717) is 11.7 Å². The van der Waals surface area contributed by atoms with Crippen LogP contribution in [0.2, 0.25) is 0 Å². The van der Waals surface area contributed by atoms with Crippen molar-refractivity contribution in [3.63, 3.8) is 0 Å². The van der Waals surface area contributed by atoms with E-state index >= 15 is 0 Å². The quantitative estimate of drug-likeness (QED) is 0.807. The fraction of sp³-hybridized carbons (Fsp3) is 0.467. The lowest BCUT2D eigenvalue weighted by molar-refractivity contribution is 0.0876. The molecule has 3 nitrogen and oxygen atoms in total. The topological polar surface area (TPSA) is 39.3 Å². The van der Waals surface area contributed by atoms with Crippen LogP contribution >= 0.6 is 0 Å². The third kappa shape index (κ3) is 1.40. The van der Waals surface area contributed by atoms with E-state index in [9.17, 15) is 5.11 Å². The number of rotatable bonds is 1. The van der Waals surface area contributed by atoms with Crippen molar-refractivity contribution in [2.24, 2.45) is 5.92 Å². The number of phenols is 1. The zero-order chi connectivity index (χ0) is 12.1. The Morgan fingerprint density at radius 3 is 2.78 bits per heavy atom. The largest absolute Gasteiger partial charge is 0.506 e. The Bertz CT molecular complexity index is 581. The van der Waals surface area contributed by atoms with E-state index in [0.717, 1.165) is 11.4 Å². The number of nitrogens with zero attached hydrogens (tertiary/aromatic N) is 1. The third-order valence-electron chi connectivity index (χ3n) is 4.78. The van der Waals surface area contributed by atoms with Crippen molar-refractivity contribution in [1.82, 2.24) is 9.88 Å². The van der Waals surface area contributed by atoms with Crippen LogP contribution in [0.25, 0.3) is 10.9 Å². The van der Waals surface area contributed by atoms with Gasteiger partial charge in [0.1, 0.15) is 5.75 Å². The van der Waals surface area contributed by atoms with Gasteiger partial charge in [-0.15, -0.1) is 0 Å². The van der Waals surface area contributed by atoms with Crippen LogP contribution in [0.3, 0.4) is 0 Å². The van der Waals surface area contributed by atoms with Gasteiger partial charge in [-0.25, -0.2) is 0 Å². The van der Waals surface area contributed by atoms with Gasteiger partial charge in [-0.05, 0) is 43.5 Å². The first-order valence-corrected chi connectivity index (χ1v) is 6.84. The summed E-state index contributed by atoms with van der Waals surface area (Å²) in [7, 11) is 0. The molecule has 0 saturated carbocycles. The summed E-state index contributed by atoms with van der Waals surface area (Å²) in [6.45, 7) is 3.73. The van der Waals surface area contributed by atoms with Crippen molar-refractivity contribution in [1.29, 1.82) is 0 Å². The van der Waals surface area contributed by atoms with Gasteiger partial charge in [0.25, 0.3) is 0 Å². The van der Waals surface area contributed by atoms with Crippen molar-refractivity contribution in [2.45, 2.75) is 18.8 Å². The van der Waals surface area contributed by atoms with Crippen molar-refractivity contribution >= 4 is 10.9 Å². The van der Waals surface area contributed by atoms with Crippen LogP contribution in [0.4, 0.5) is 0 Å². The minimum Gasteiger partial charge on any atom is -0.506 e. The predicted molar refractivity (Wildman–Crippen MR) is 71.9 cm³/mol. The molecule has 2 N–H and O–H groups in total. The van der Waals surface area contributed by atoms with Gasteiger partial charge in [0.2, 0.25) is 0 Å². The number of piperidine rings is 3. The molecule has 3 saturated heterocycles. The van der Waals surface area contributed by atoms with Crippen molar-refractivity contribution < 1.29 is 5.11 Å². The second-order valence-corrected chi connectivity index (χ2v) is 5.69. The van der Waals surface area contributed by atoms with Gasteiger partial charge in [0.15, 0.2) is 0 Å². The number of fused-ring (bicyclic) bond motifs is 4. The number of aromatic nitrogens is 1. The number of para-hydroxylation sites is 1. The van der Waals surface area contributed by atoms with Crippen LogP contribution in [-0.4, -0.2) is 34.6 Å². The van der Waals surface area contributed by atoms with Crippen LogP contribution in [0.1, 0.15) is 24.3 Å². The zero-order valence-electron chi connectivity index (χ0n) is 10.4. The molecule has 4 heterocycles. The first kappa shape index (κ1) is 10.4. The molecular formula is C15H18N2O. The normalized spacial score (nSPS) is 31.0. The Morgan fingerprint density at radius 2 is 2.06 bits per heavy atom. The molecule has 5 rings (SSSR count). The van der Waals surface area contributed by atoms with Crippen LogP contribution in [0, 0.1) is 5.92 Å². The fourth-order valence-electron chi connectivity index (χ4n) is 3.78. The highest BCUT2D eigenvalue weighted by molar-refractivity contribution is 5.88. The summed E-state index contributed by atoms with van der Waals surface area (Å²) < 4.78 is 0. The Morgan fingerprint density at radius 1 is 1.22 bits per heavy atom. The SMILES string of the molecule is Oc1cccc2c(C3CN4CCC3CC4)c[nH]c12. The summed E-state index contributed by atoms with van der Waals surface area (Å²) in [4.78, 5) is 5.82. The molecule has 3 heteroatoms. The number of aromatic hydroxyl groups is 1. The van der Waals surface area contributed by atoms with E-state index in [1.807, 2.05) is 6.07 Å². The minimum atomic E-state index is 0.361. The van der Waals surface area contributed by atoms with Gasteiger partial charge in [-0.3, -0.25) is 0 Å². The van der Waals surface area contributed by atoms with Gasteiger partial charge in [0.05, 0.1) is 5.52 Å². The van der Waals surface area contributed by atoms with E-state index in [1.54, 1.807) is 6.07 Å². The lowest BCUT2D eigenvalue weighted by atomic mass is 9.75. The van der Waals surface area contributed by atoms with Crippen LogP contribution in [0.5, 0.6) is 5.75 Å². The zero-order valence-corrected chi connectivity index (χ0v) is 10.4. The molecule has 18 heavy (non-hydrogen) atoms. The molecule has 3 aliphatic heterocycles. The number of hydrogen-bond acceptors (Lipinski definition) is 2. The van der Waals surface area contributed by atoms with Gasteiger partial charge in [-0.1, -0.05) is 12.1 Å². The van der Waals surface area contributed by atoms with Crippen LogP contribution in [0.15, 0.2) is 24.4 Å². The molecule has 0 radical (unpaired) electrons. The monoisotopic (exact) mass is 242 g/mol. The summed E-state index contributed by atoms with van der Waals surface area (Å²) >= 11 is 0. The first-order chi connectivity index (χ1) is 8.83. The van der Waals surface area contributed by atoms with Crippen molar-refractivity contribution in [3.8, 4) is 5.75 Å². The number of hydrogen-bond donors (Lipinski definition) is 2. The smallest absolute Gasteiger partial charge is 0.139 e. The van der Waals surface area contributed by atoms with Crippen LogP contribution < -0.4 is 0 Å². The number of benzene rings is 1. The highest BCUT2D eigenvalue weighted by Crippen LogP contribution is 2.42. The lowest BCUT2D eigenvalue weighted by Crippen LogP contribution is -2.46. The number of aromatic amines is 1. The number of phenolic OH excluding ortho intramolecular Hbond substituents is 1. The Hall–Kier alpha value is -1.48. The summed E-state index contributed by atoms with van der Waals surface area (Å²) in [6, 6.07) is 5.81. The van der Waals surface area contributed by atoms with E-state index in [4.69, 9.17) is 0 Å². The molecule has 2 aromatic rings. The molecule has 94 valence electrons. The second-order valence-electron chi connectivity index (χ2n) is 5.69. The Kier molecular flexibility index (Phi) is 2.18. The summed E-state index contributed by atoms with van der Waals surface area (Å²) in [5.41, 5.74) is 2.29. The minimum absolute atomic E-state index is 0.361. The predicted octanol–water partition coefficient (Wildman–Crippen LogP) is 2.68. The van der Waals surface area contributed by atoms with Crippen molar-refractivity contribution in [2.75, 3.05) is 19.6 Å². The highest BCUT2D eigenvalue weighted by Gasteiger charge is 2.35. The first-order valence-electron chi connectivity index (χ1n) is 6.84. The van der Waals surface area contributed by atoms with Gasteiger partial charge in [0, 0.05) is 24.0 Å². The molecule has 1 unspecified atom stereocenters. The average Bonchev–Trinajstić information content (AvgIpc) is 2.85. The summed E-state index contributed by atoms with van der Waals surface area (Å²) in [5.74, 6) is 1.83. The maximum atomic E-state index is 9.87. The molecule has 1 atom stereocenters. The fourth-order valence-corrected chi connectivity index (χ4v) is 3.78. The molecular weight excluding hydrogens is 224 g/mol. The third-order valence-corrected chi connectivity index (χ3v) is 4.78. The van der Waals surface area contributed by atoms with E-state index in [1.165, 1.54) is 43.4 Å². The van der Waals surface area contributed by atoms with Gasteiger partial charge in [-0.2, -0.15) is 0 Å². The standard InChI is InChI=1S/C15H18N2O/c18-14-3-1-2-11-12(8-16-15(11)14)13-9-17-6-4-10(13)5-7-17/h1-3,8,10,13,16,18H,4-7,9H2. The summed E-state index contributed by atoms with van der Waals surface area (Å²) in [6.07, 6.45) is 4.77. The number of H-pyrrole nitrogens is 1. The molecule has 1 aromatic heterocycles. The van der Waals surface area contributed by atoms with Crippen molar-refractivity contribution in [3.05, 3.63) is 30.0 Å². The molecule has 0 aliphatic carbocycles. The number of nitrogens with one attached hydrogen (secondary N) is 1. The van der Waals surface area contributed by atoms with E-state index < -0.39 is 0 Å². The molecule has 2 bridgehead atoms. The maximum absolute atomic E-state index is 9.87. The van der Waals surface area contributed by atoms with E-state index in [2.05, 4.69) is 22.1 Å².